The van der Waals surface area contributed by atoms with Gasteiger partial charge in [-0.1, -0.05) is 13.0 Å². The normalized spacial score (nSPS) is 27.0. The molecule has 2 aliphatic rings. The summed E-state index contributed by atoms with van der Waals surface area (Å²) >= 11 is 0. The number of benzene rings is 1. The van der Waals surface area contributed by atoms with Gasteiger partial charge < -0.3 is 9.30 Å². The van der Waals surface area contributed by atoms with Crippen LogP contribution in [0.2, 0.25) is 0 Å². The largest absolute Gasteiger partial charge is 0.362 e. The Hall–Kier alpha value is -2.12. The Morgan fingerprint density at radius 3 is 3.24 bits per heavy atom. The third-order valence-corrected chi connectivity index (χ3v) is 4.93. The van der Waals surface area contributed by atoms with E-state index in [4.69, 9.17) is 4.74 Å². The fourth-order valence-electron chi connectivity index (χ4n) is 3.85. The Labute approximate surface area is 124 Å². The van der Waals surface area contributed by atoms with E-state index in [0.717, 1.165) is 30.6 Å². The Kier molecular flexibility index (Phi) is 2.66. The molecule has 4 heteroatoms. The van der Waals surface area contributed by atoms with Gasteiger partial charge in [-0.15, -0.1) is 0 Å². The van der Waals surface area contributed by atoms with Crippen molar-refractivity contribution in [1.82, 2.24) is 9.55 Å². The van der Waals surface area contributed by atoms with Crippen LogP contribution in [-0.4, -0.2) is 16.2 Å². The predicted molar refractivity (Wildman–Crippen MR) is 77.6 cm³/mol. The zero-order valence-electron chi connectivity index (χ0n) is 12.0. The molecule has 1 aliphatic heterocycles. The molecule has 1 unspecified atom stereocenters. The van der Waals surface area contributed by atoms with Gasteiger partial charge in [0.05, 0.1) is 36.5 Å². The van der Waals surface area contributed by atoms with Crippen LogP contribution in [0.5, 0.6) is 0 Å². The summed E-state index contributed by atoms with van der Waals surface area (Å²) in [5, 5.41) is 9.24. The zero-order chi connectivity index (χ0) is 14.4. The van der Waals surface area contributed by atoms with E-state index in [9.17, 15) is 5.26 Å². The summed E-state index contributed by atoms with van der Waals surface area (Å²) in [5.41, 5.74) is 3.82. The van der Waals surface area contributed by atoms with E-state index >= 15 is 0 Å². The summed E-state index contributed by atoms with van der Waals surface area (Å²) in [6.07, 6.45) is 5.93. The van der Waals surface area contributed by atoms with Crippen LogP contribution < -0.4 is 0 Å². The van der Waals surface area contributed by atoms with E-state index < -0.39 is 5.60 Å². The number of rotatable bonds is 0. The van der Waals surface area contributed by atoms with Crippen LogP contribution >= 0.6 is 0 Å². The first-order valence-corrected chi connectivity index (χ1v) is 7.44. The lowest BCUT2D eigenvalue weighted by Crippen LogP contribution is -2.46. The molecule has 0 fully saturated rings. The minimum atomic E-state index is -0.449. The Morgan fingerprint density at radius 2 is 2.38 bits per heavy atom. The molecule has 0 radical (unpaired) electrons. The number of nitrogens with zero attached hydrogens (tertiary/aromatic N) is 3. The van der Waals surface area contributed by atoms with Crippen molar-refractivity contribution in [2.45, 2.75) is 31.9 Å². The molecular weight excluding hydrogens is 262 g/mol. The van der Waals surface area contributed by atoms with Gasteiger partial charge in [0.2, 0.25) is 0 Å². The highest BCUT2D eigenvalue weighted by atomic mass is 16.5. The Morgan fingerprint density at radius 1 is 1.48 bits per heavy atom. The van der Waals surface area contributed by atoms with Crippen molar-refractivity contribution in [3.05, 3.63) is 53.1 Å². The van der Waals surface area contributed by atoms with Gasteiger partial charge in [-0.25, -0.2) is 4.98 Å². The summed E-state index contributed by atoms with van der Waals surface area (Å²) < 4.78 is 8.55. The number of imidazole rings is 1. The number of fused-ring (bicyclic) bond motifs is 4. The van der Waals surface area contributed by atoms with Crippen LogP contribution in [0.3, 0.4) is 0 Å². The van der Waals surface area contributed by atoms with E-state index in [1.807, 2.05) is 24.7 Å². The van der Waals surface area contributed by atoms with Crippen molar-refractivity contribution in [2.75, 3.05) is 6.61 Å². The van der Waals surface area contributed by atoms with Crippen LogP contribution in [0.1, 0.15) is 35.7 Å². The quantitative estimate of drug-likeness (QED) is 0.745. The summed E-state index contributed by atoms with van der Waals surface area (Å²) in [4.78, 5) is 4.32. The molecule has 0 saturated carbocycles. The number of aromatic nitrogens is 2. The molecule has 4 rings (SSSR count). The third-order valence-electron chi connectivity index (χ3n) is 4.93. The van der Waals surface area contributed by atoms with Gasteiger partial charge in [0.15, 0.2) is 0 Å². The van der Waals surface area contributed by atoms with E-state index in [1.165, 1.54) is 5.56 Å². The number of aryl methyl sites for hydroxylation is 1. The maximum absolute atomic E-state index is 9.24. The number of hydrogen-bond acceptors (Lipinski definition) is 3. The third kappa shape index (κ3) is 1.61. The van der Waals surface area contributed by atoms with Gasteiger partial charge in [0.25, 0.3) is 0 Å². The molecule has 106 valence electrons. The highest BCUT2D eigenvalue weighted by Gasteiger charge is 2.48. The maximum Gasteiger partial charge on any atom is 0.137 e. The predicted octanol–water partition coefficient (Wildman–Crippen LogP) is 2.61. The first-order chi connectivity index (χ1) is 10.3. The van der Waals surface area contributed by atoms with Gasteiger partial charge in [-0.3, -0.25) is 0 Å². The summed E-state index contributed by atoms with van der Waals surface area (Å²) in [6.45, 7) is 3.77. The highest BCUT2D eigenvalue weighted by Crippen LogP contribution is 2.48. The molecule has 4 nitrogen and oxygen atoms in total. The van der Waals surface area contributed by atoms with Crippen molar-refractivity contribution in [1.29, 1.82) is 5.26 Å². The molecule has 2 atom stereocenters. The molecule has 1 aromatic carbocycles. The fourth-order valence-corrected chi connectivity index (χ4v) is 3.85. The average molecular weight is 279 g/mol. The van der Waals surface area contributed by atoms with Crippen molar-refractivity contribution in [3.63, 3.8) is 0 Å². The average Bonchev–Trinajstić information content (AvgIpc) is 3.00. The molecule has 2 heterocycles. The van der Waals surface area contributed by atoms with Crippen LogP contribution in [0.15, 0.2) is 30.7 Å². The van der Waals surface area contributed by atoms with E-state index in [2.05, 4.69) is 28.6 Å². The molecule has 0 saturated heterocycles. The summed E-state index contributed by atoms with van der Waals surface area (Å²) in [7, 11) is 0. The standard InChI is InChI=1S/C17H17N3O/c1-12-2-4-14-5-3-13(9-18)8-15(14)17(12)16-10-19-11-20(16)6-7-21-17/h3,5,8,10-12H,2,4,6-7H2,1H3/t12-,17?/m0/s1. The molecule has 1 aliphatic carbocycles. The van der Waals surface area contributed by atoms with Gasteiger partial charge >= 0.3 is 0 Å². The molecule has 0 amide bonds. The number of ether oxygens (including phenoxy) is 1. The smallest absolute Gasteiger partial charge is 0.137 e. The first kappa shape index (κ1) is 12.6. The second kappa shape index (κ2) is 4.44. The molecule has 2 aromatic rings. The SMILES string of the molecule is C[C@H]1CCc2ccc(C#N)cc2C12OCCn1cncc12. The molecule has 1 spiro atoms. The fraction of sp³-hybridized carbons (Fsp3) is 0.412. The van der Waals surface area contributed by atoms with Crippen molar-refractivity contribution < 1.29 is 4.74 Å². The van der Waals surface area contributed by atoms with Crippen molar-refractivity contribution in [3.8, 4) is 6.07 Å². The van der Waals surface area contributed by atoms with Crippen molar-refractivity contribution >= 4 is 0 Å². The van der Waals surface area contributed by atoms with Crippen molar-refractivity contribution in [2.24, 2.45) is 5.92 Å². The molecule has 21 heavy (non-hydrogen) atoms. The molecule has 1 aromatic heterocycles. The summed E-state index contributed by atoms with van der Waals surface area (Å²) in [6, 6.07) is 8.25. The van der Waals surface area contributed by atoms with Gasteiger partial charge in [-0.05, 0) is 42.0 Å². The maximum atomic E-state index is 9.24. The van der Waals surface area contributed by atoms with E-state index in [1.54, 1.807) is 0 Å². The molecule has 0 bridgehead atoms. The topological polar surface area (TPSA) is 50.8 Å². The highest BCUT2D eigenvalue weighted by molar-refractivity contribution is 5.47. The second-order valence-corrected chi connectivity index (χ2v) is 5.98. The monoisotopic (exact) mass is 279 g/mol. The van der Waals surface area contributed by atoms with Gasteiger partial charge in [0.1, 0.15) is 5.60 Å². The zero-order valence-corrected chi connectivity index (χ0v) is 12.0. The molecule has 0 N–H and O–H groups in total. The lowest BCUT2D eigenvalue weighted by molar-refractivity contribution is -0.0895. The Balaban J connectivity index is 2.01. The lowest BCUT2D eigenvalue weighted by atomic mass is 9.69. The minimum absolute atomic E-state index is 0.370. The Bertz CT molecular complexity index is 743. The number of hydrogen-bond donors (Lipinski definition) is 0. The minimum Gasteiger partial charge on any atom is -0.362 e. The first-order valence-electron chi connectivity index (χ1n) is 7.44. The second-order valence-electron chi connectivity index (χ2n) is 5.98. The number of nitriles is 1. The van der Waals surface area contributed by atoms with Gasteiger partial charge in [0, 0.05) is 6.54 Å². The molecular formula is C17H17N3O. The lowest BCUT2D eigenvalue weighted by Gasteiger charge is -2.46. The van der Waals surface area contributed by atoms with Crippen LogP contribution in [0, 0.1) is 17.2 Å². The van der Waals surface area contributed by atoms with Crippen LogP contribution in [-0.2, 0) is 23.3 Å². The van der Waals surface area contributed by atoms with Crippen LogP contribution in [0.25, 0.3) is 0 Å². The van der Waals surface area contributed by atoms with Crippen LogP contribution in [0.4, 0.5) is 0 Å². The van der Waals surface area contributed by atoms with E-state index in [-0.39, 0.29) is 0 Å². The van der Waals surface area contributed by atoms with Gasteiger partial charge in [-0.2, -0.15) is 5.26 Å². The van der Waals surface area contributed by atoms with E-state index in [0.29, 0.717) is 18.1 Å². The summed E-state index contributed by atoms with van der Waals surface area (Å²) in [5.74, 6) is 0.370.